The molecule has 1 aliphatic heterocycles. The van der Waals surface area contributed by atoms with Gasteiger partial charge >= 0.3 is 0 Å². The second-order valence-corrected chi connectivity index (χ2v) is 5.33. The van der Waals surface area contributed by atoms with Crippen LogP contribution in [0.5, 0.6) is 11.6 Å². The summed E-state index contributed by atoms with van der Waals surface area (Å²) in [7, 11) is 0. The van der Waals surface area contributed by atoms with E-state index in [-0.39, 0.29) is 6.29 Å². The molecule has 1 fully saturated rings. The molecule has 0 spiro atoms. The molecule has 0 aliphatic carbocycles. The molecule has 0 radical (unpaired) electrons. The summed E-state index contributed by atoms with van der Waals surface area (Å²) in [6, 6.07) is 11.4. The van der Waals surface area contributed by atoms with Crippen LogP contribution in [-0.2, 0) is 9.47 Å². The predicted octanol–water partition coefficient (Wildman–Crippen LogP) is 3.99. The molecule has 0 bridgehead atoms. The fraction of sp³-hybridized carbons (Fsp3) is 0.267. The first-order valence-electron chi connectivity index (χ1n) is 6.36. The van der Waals surface area contributed by atoms with Crippen LogP contribution in [0.1, 0.15) is 17.5 Å². The normalized spacial score (nSPS) is 15.5. The molecule has 0 atom stereocenters. The number of nitrogens with zero attached hydrogens (tertiary/aromatic N) is 1. The third-order valence-electron chi connectivity index (χ3n) is 2.93. The number of benzene rings is 1. The molecule has 104 valence electrons. The minimum atomic E-state index is -0.335. The average molecular weight is 336 g/mol. The molecule has 2 aromatic rings. The van der Waals surface area contributed by atoms with Gasteiger partial charge in [-0.2, -0.15) is 0 Å². The SMILES string of the molecule is Cc1cccc(Oc2ccc(Br)c(C3OCCO3)c2)n1. The quantitative estimate of drug-likeness (QED) is 0.850. The number of hydrogen-bond donors (Lipinski definition) is 0. The van der Waals surface area contributed by atoms with E-state index < -0.39 is 0 Å². The number of rotatable bonds is 3. The Balaban J connectivity index is 1.85. The molecule has 1 saturated heterocycles. The van der Waals surface area contributed by atoms with Crippen LogP contribution in [0.15, 0.2) is 40.9 Å². The van der Waals surface area contributed by atoms with Crippen LogP contribution >= 0.6 is 15.9 Å². The highest BCUT2D eigenvalue weighted by molar-refractivity contribution is 9.10. The van der Waals surface area contributed by atoms with Gasteiger partial charge in [-0.05, 0) is 31.2 Å². The molecule has 3 rings (SSSR count). The molecular weight excluding hydrogens is 322 g/mol. The van der Waals surface area contributed by atoms with Crippen LogP contribution < -0.4 is 4.74 Å². The van der Waals surface area contributed by atoms with Gasteiger partial charge in [0, 0.05) is 21.8 Å². The second kappa shape index (κ2) is 5.91. The summed E-state index contributed by atoms with van der Waals surface area (Å²) in [6.45, 7) is 3.16. The van der Waals surface area contributed by atoms with Gasteiger partial charge in [-0.25, -0.2) is 4.98 Å². The summed E-state index contributed by atoms with van der Waals surface area (Å²) in [4.78, 5) is 4.32. The highest BCUT2D eigenvalue weighted by Gasteiger charge is 2.21. The number of halogens is 1. The van der Waals surface area contributed by atoms with E-state index in [9.17, 15) is 0 Å². The zero-order valence-corrected chi connectivity index (χ0v) is 12.6. The standard InChI is InChI=1S/C15H14BrNO3/c1-10-3-2-4-14(17-10)20-11-5-6-13(16)12(9-11)15-18-7-8-19-15/h2-6,9,15H,7-8H2,1H3. The van der Waals surface area contributed by atoms with Crippen LogP contribution in [0.3, 0.4) is 0 Å². The van der Waals surface area contributed by atoms with E-state index >= 15 is 0 Å². The number of pyridine rings is 1. The number of aromatic nitrogens is 1. The fourth-order valence-electron chi connectivity index (χ4n) is 2.00. The lowest BCUT2D eigenvalue weighted by atomic mass is 10.2. The lowest BCUT2D eigenvalue weighted by Gasteiger charge is -2.13. The minimum Gasteiger partial charge on any atom is -0.439 e. The van der Waals surface area contributed by atoms with Crippen molar-refractivity contribution in [2.45, 2.75) is 13.2 Å². The average Bonchev–Trinajstić information content (AvgIpc) is 2.95. The predicted molar refractivity (Wildman–Crippen MR) is 77.8 cm³/mol. The van der Waals surface area contributed by atoms with Crippen LogP contribution in [0.25, 0.3) is 0 Å². The molecule has 0 unspecified atom stereocenters. The van der Waals surface area contributed by atoms with Crippen molar-refractivity contribution in [1.82, 2.24) is 4.98 Å². The minimum absolute atomic E-state index is 0.335. The first-order chi connectivity index (χ1) is 9.72. The van der Waals surface area contributed by atoms with Crippen molar-refractivity contribution >= 4 is 15.9 Å². The summed E-state index contributed by atoms with van der Waals surface area (Å²) in [6.07, 6.45) is -0.335. The van der Waals surface area contributed by atoms with E-state index in [1.165, 1.54) is 0 Å². The second-order valence-electron chi connectivity index (χ2n) is 4.48. The zero-order chi connectivity index (χ0) is 13.9. The largest absolute Gasteiger partial charge is 0.439 e. The Labute approximate surface area is 125 Å². The van der Waals surface area contributed by atoms with Crippen molar-refractivity contribution in [1.29, 1.82) is 0 Å². The molecule has 4 nitrogen and oxygen atoms in total. The Kier molecular flexibility index (Phi) is 4.00. The van der Waals surface area contributed by atoms with Crippen LogP contribution in [0.4, 0.5) is 0 Å². The Bertz CT molecular complexity index is 612. The molecular formula is C15H14BrNO3. The number of hydrogen-bond acceptors (Lipinski definition) is 4. The van der Waals surface area contributed by atoms with E-state index in [1.807, 2.05) is 43.3 Å². The molecule has 0 amide bonds. The highest BCUT2D eigenvalue weighted by atomic mass is 79.9. The molecule has 1 aliphatic rings. The van der Waals surface area contributed by atoms with Gasteiger partial charge in [-0.3, -0.25) is 0 Å². The highest BCUT2D eigenvalue weighted by Crippen LogP contribution is 2.33. The van der Waals surface area contributed by atoms with Gasteiger partial charge in [-0.15, -0.1) is 0 Å². The van der Waals surface area contributed by atoms with Gasteiger partial charge in [0.25, 0.3) is 0 Å². The topological polar surface area (TPSA) is 40.6 Å². The zero-order valence-electron chi connectivity index (χ0n) is 11.0. The van der Waals surface area contributed by atoms with Crippen LogP contribution in [0.2, 0.25) is 0 Å². The van der Waals surface area contributed by atoms with Gasteiger partial charge < -0.3 is 14.2 Å². The van der Waals surface area contributed by atoms with Gasteiger partial charge in [-0.1, -0.05) is 22.0 Å². The first-order valence-corrected chi connectivity index (χ1v) is 7.16. The smallest absolute Gasteiger partial charge is 0.219 e. The van der Waals surface area contributed by atoms with E-state index in [0.29, 0.717) is 24.8 Å². The van der Waals surface area contributed by atoms with E-state index in [2.05, 4.69) is 20.9 Å². The van der Waals surface area contributed by atoms with Gasteiger partial charge in [0.15, 0.2) is 6.29 Å². The van der Waals surface area contributed by atoms with Crippen molar-refractivity contribution in [3.63, 3.8) is 0 Å². The molecule has 0 N–H and O–H groups in total. The van der Waals surface area contributed by atoms with Crippen molar-refractivity contribution in [2.24, 2.45) is 0 Å². The van der Waals surface area contributed by atoms with Crippen LogP contribution in [0, 0.1) is 6.92 Å². The Hall–Kier alpha value is -1.43. The fourth-order valence-corrected chi connectivity index (χ4v) is 2.43. The number of ether oxygens (including phenoxy) is 3. The van der Waals surface area contributed by atoms with Crippen molar-refractivity contribution in [3.8, 4) is 11.6 Å². The van der Waals surface area contributed by atoms with Crippen molar-refractivity contribution in [2.75, 3.05) is 13.2 Å². The van der Waals surface area contributed by atoms with Crippen molar-refractivity contribution < 1.29 is 14.2 Å². The molecule has 5 heteroatoms. The van der Waals surface area contributed by atoms with Gasteiger partial charge in [0.2, 0.25) is 5.88 Å². The molecule has 1 aromatic carbocycles. The molecule has 0 saturated carbocycles. The lowest BCUT2D eigenvalue weighted by Crippen LogP contribution is -2.00. The summed E-state index contributed by atoms with van der Waals surface area (Å²) >= 11 is 3.51. The summed E-state index contributed by atoms with van der Waals surface area (Å²) in [5.74, 6) is 1.28. The van der Waals surface area contributed by atoms with Crippen LogP contribution in [-0.4, -0.2) is 18.2 Å². The third kappa shape index (κ3) is 3.00. The molecule has 2 heterocycles. The summed E-state index contributed by atoms with van der Waals surface area (Å²) in [5, 5.41) is 0. The lowest BCUT2D eigenvalue weighted by molar-refractivity contribution is -0.0447. The maximum Gasteiger partial charge on any atom is 0.219 e. The molecule has 20 heavy (non-hydrogen) atoms. The first kappa shape index (κ1) is 13.5. The Morgan fingerprint density at radius 2 is 2.00 bits per heavy atom. The summed E-state index contributed by atoms with van der Waals surface area (Å²) < 4.78 is 17.8. The Morgan fingerprint density at radius 3 is 2.75 bits per heavy atom. The monoisotopic (exact) mass is 335 g/mol. The third-order valence-corrected chi connectivity index (χ3v) is 3.65. The van der Waals surface area contributed by atoms with E-state index in [4.69, 9.17) is 14.2 Å². The van der Waals surface area contributed by atoms with Gasteiger partial charge in [0.05, 0.1) is 13.2 Å². The maximum absolute atomic E-state index is 5.77. The van der Waals surface area contributed by atoms with E-state index in [1.54, 1.807) is 0 Å². The maximum atomic E-state index is 5.77. The van der Waals surface area contributed by atoms with E-state index in [0.717, 1.165) is 15.7 Å². The molecule has 1 aromatic heterocycles. The summed E-state index contributed by atoms with van der Waals surface area (Å²) in [5.41, 5.74) is 1.84. The number of aryl methyl sites for hydroxylation is 1. The van der Waals surface area contributed by atoms with Gasteiger partial charge in [0.1, 0.15) is 5.75 Å². The van der Waals surface area contributed by atoms with Crippen molar-refractivity contribution in [3.05, 3.63) is 52.1 Å². The Morgan fingerprint density at radius 1 is 1.20 bits per heavy atom.